The van der Waals surface area contributed by atoms with E-state index in [4.69, 9.17) is 12.2 Å². The van der Waals surface area contributed by atoms with Crippen LogP contribution in [0.1, 0.15) is 18.4 Å². The zero-order valence-electron chi connectivity index (χ0n) is 17.0. The number of benzene rings is 2. The Morgan fingerprint density at radius 1 is 1.03 bits per heavy atom. The molecule has 1 saturated heterocycles. The average molecular weight is 426 g/mol. The van der Waals surface area contributed by atoms with Crippen LogP contribution in [-0.4, -0.2) is 47.1 Å². The van der Waals surface area contributed by atoms with Crippen LogP contribution >= 0.6 is 12.2 Å². The Labute approximate surface area is 182 Å². The summed E-state index contributed by atoms with van der Waals surface area (Å²) < 4.78 is 0. The number of likely N-dealkylation sites (tertiary alicyclic amines) is 1. The molecule has 1 aliphatic heterocycles. The summed E-state index contributed by atoms with van der Waals surface area (Å²) in [6, 6.07) is 19.1. The molecule has 0 aromatic heterocycles. The Bertz CT molecular complexity index is 854. The molecule has 0 aliphatic carbocycles. The van der Waals surface area contributed by atoms with Gasteiger partial charge in [-0.2, -0.15) is 0 Å². The summed E-state index contributed by atoms with van der Waals surface area (Å²) in [5.74, 6) is -0.227. The molecule has 0 unspecified atom stereocenters. The molecule has 2 aromatic carbocycles. The Morgan fingerprint density at radius 3 is 2.27 bits per heavy atom. The molecule has 8 heteroatoms. The highest BCUT2D eigenvalue weighted by Crippen LogP contribution is 2.18. The van der Waals surface area contributed by atoms with Gasteiger partial charge in [-0.1, -0.05) is 48.5 Å². The Kier molecular flexibility index (Phi) is 7.62. The molecule has 7 nitrogen and oxygen atoms in total. The van der Waals surface area contributed by atoms with Crippen molar-refractivity contribution in [1.29, 1.82) is 0 Å². The summed E-state index contributed by atoms with van der Waals surface area (Å²) in [6.45, 7) is 1.67. The minimum atomic E-state index is -0.148. The van der Waals surface area contributed by atoms with Crippen molar-refractivity contribution in [2.75, 3.05) is 25.5 Å². The molecule has 3 N–H and O–H groups in total. The zero-order valence-corrected chi connectivity index (χ0v) is 17.8. The third-order valence-corrected chi connectivity index (χ3v) is 5.47. The number of nitrogens with one attached hydrogen (secondary N) is 3. The van der Waals surface area contributed by atoms with Crippen molar-refractivity contribution in [3.05, 3.63) is 66.2 Å². The van der Waals surface area contributed by atoms with Gasteiger partial charge in [0.1, 0.15) is 0 Å². The predicted molar refractivity (Wildman–Crippen MR) is 122 cm³/mol. The van der Waals surface area contributed by atoms with Crippen molar-refractivity contribution in [3.63, 3.8) is 0 Å². The summed E-state index contributed by atoms with van der Waals surface area (Å²) in [4.78, 5) is 26.7. The van der Waals surface area contributed by atoms with Gasteiger partial charge in [-0.25, -0.2) is 4.79 Å². The minimum absolute atomic E-state index is 0.0792. The molecule has 30 heavy (non-hydrogen) atoms. The van der Waals surface area contributed by atoms with E-state index < -0.39 is 0 Å². The number of amides is 3. The zero-order chi connectivity index (χ0) is 21.3. The van der Waals surface area contributed by atoms with Crippen LogP contribution in [0.4, 0.5) is 10.5 Å². The first-order valence-electron chi connectivity index (χ1n) is 10.00. The van der Waals surface area contributed by atoms with Gasteiger partial charge in [0.2, 0.25) is 5.91 Å². The molecule has 1 heterocycles. The van der Waals surface area contributed by atoms with Crippen molar-refractivity contribution in [2.45, 2.75) is 19.4 Å². The number of urea groups is 1. The number of carbonyl (C=O) groups is 2. The molecule has 0 radical (unpaired) electrons. The molecule has 0 spiro atoms. The Hall–Kier alpha value is -3.13. The first kappa shape index (κ1) is 21.6. The lowest BCUT2D eigenvalue weighted by molar-refractivity contribution is -0.129. The van der Waals surface area contributed by atoms with Crippen molar-refractivity contribution in [1.82, 2.24) is 20.7 Å². The standard InChI is InChI=1S/C22H27N5O2S/c1-26(22(30)23-16-17-8-4-2-5-9-17)25-20(28)18-12-14-27(15-13-18)21(29)24-19-10-6-3-7-11-19/h2-11,18H,12-16H2,1H3,(H,23,30)(H,24,29)(H,25,28). The Morgan fingerprint density at radius 2 is 1.63 bits per heavy atom. The van der Waals surface area contributed by atoms with Crippen molar-refractivity contribution in [3.8, 4) is 0 Å². The molecule has 1 aliphatic rings. The van der Waals surface area contributed by atoms with Crippen LogP contribution in [0.2, 0.25) is 0 Å². The van der Waals surface area contributed by atoms with Crippen LogP contribution < -0.4 is 16.1 Å². The quantitative estimate of drug-likeness (QED) is 0.519. The number of hydrogen-bond donors (Lipinski definition) is 3. The van der Waals surface area contributed by atoms with Gasteiger partial charge in [-0.15, -0.1) is 0 Å². The smallest absolute Gasteiger partial charge is 0.321 e. The summed E-state index contributed by atoms with van der Waals surface area (Å²) >= 11 is 5.35. The summed E-state index contributed by atoms with van der Waals surface area (Å²) in [6.07, 6.45) is 1.23. The molecule has 3 amide bonds. The number of piperidine rings is 1. The molecule has 0 bridgehead atoms. The van der Waals surface area contributed by atoms with Crippen LogP contribution in [0.5, 0.6) is 0 Å². The summed E-state index contributed by atoms with van der Waals surface area (Å²) in [5.41, 5.74) is 4.72. The molecule has 2 aromatic rings. The van der Waals surface area contributed by atoms with Gasteiger partial charge >= 0.3 is 6.03 Å². The topological polar surface area (TPSA) is 76.7 Å². The predicted octanol–water partition coefficient (Wildman–Crippen LogP) is 2.97. The second-order valence-electron chi connectivity index (χ2n) is 7.24. The molecular formula is C22H27N5O2S. The van der Waals surface area contributed by atoms with E-state index in [0.717, 1.165) is 11.3 Å². The number of rotatable bonds is 4. The van der Waals surface area contributed by atoms with E-state index in [2.05, 4.69) is 16.1 Å². The fourth-order valence-electron chi connectivity index (χ4n) is 3.27. The lowest BCUT2D eigenvalue weighted by Gasteiger charge is -2.32. The van der Waals surface area contributed by atoms with Gasteiger partial charge in [-0.05, 0) is 42.8 Å². The van der Waals surface area contributed by atoms with Crippen LogP contribution in [0, 0.1) is 5.92 Å². The van der Waals surface area contributed by atoms with Gasteiger partial charge in [0.05, 0.1) is 0 Å². The van der Waals surface area contributed by atoms with E-state index in [1.165, 1.54) is 5.01 Å². The highest BCUT2D eigenvalue weighted by molar-refractivity contribution is 7.80. The van der Waals surface area contributed by atoms with E-state index in [0.29, 0.717) is 37.6 Å². The highest BCUT2D eigenvalue weighted by Gasteiger charge is 2.28. The van der Waals surface area contributed by atoms with Gasteiger partial charge in [-0.3, -0.25) is 15.2 Å². The Balaban J connectivity index is 1.40. The maximum absolute atomic E-state index is 12.6. The molecule has 0 saturated carbocycles. The van der Waals surface area contributed by atoms with Gasteiger partial charge < -0.3 is 15.5 Å². The van der Waals surface area contributed by atoms with Crippen LogP contribution in [-0.2, 0) is 11.3 Å². The SMILES string of the molecule is CN(NC(=O)C1CCN(C(=O)Nc2ccccc2)CC1)C(=S)NCc1ccccc1. The van der Waals surface area contributed by atoms with E-state index in [9.17, 15) is 9.59 Å². The van der Waals surface area contributed by atoms with Crippen LogP contribution in [0.15, 0.2) is 60.7 Å². The fraction of sp³-hybridized carbons (Fsp3) is 0.318. The van der Waals surface area contributed by atoms with Crippen LogP contribution in [0.3, 0.4) is 0 Å². The largest absolute Gasteiger partial charge is 0.357 e. The van der Waals surface area contributed by atoms with E-state index in [-0.39, 0.29) is 17.9 Å². The number of para-hydroxylation sites is 1. The maximum atomic E-state index is 12.6. The molecular weight excluding hydrogens is 398 g/mol. The number of hydrazine groups is 1. The lowest BCUT2D eigenvalue weighted by Crippen LogP contribution is -2.51. The van der Waals surface area contributed by atoms with Crippen LogP contribution in [0.25, 0.3) is 0 Å². The fourth-order valence-corrected chi connectivity index (χ4v) is 3.39. The number of nitrogens with zero attached hydrogens (tertiary/aromatic N) is 2. The highest BCUT2D eigenvalue weighted by atomic mass is 32.1. The summed E-state index contributed by atoms with van der Waals surface area (Å²) in [5, 5.41) is 8.00. The van der Waals surface area contributed by atoms with E-state index in [1.807, 2.05) is 60.7 Å². The molecule has 158 valence electrons. The first-order chi connectivity index (χ1) is 14.5. The van der Waals surface area contributed by atoms with Crippen molar-refractivity contribution in [2.24, 2.45) is 5.92 Å². The average Bonchev–Trinajstić information content (AvgIpc) is 2.78. The number of hydrogen-bond acceptors (Lipinski definition) is 3. The normalized spacial score (nSPS) is 14.0. The van der Waals surface area contributed by atoms with Crippen molar-refractivity contribution >= 4 is 35.0 Å². The number of anilines is 1. The maximum Gasteiger partial charge on any atom is 0.321 e. The lowest BCUT2D eigenvalue weighted by atomic mass is 9.96. The molecule has 1 fully saturated rings. The second-order valence-corrected chi connectivity index (χ2v) is 7.62. The van der Waals surface area contributed by atoms with E-state index in [1.54, 1.807) is 11.9 Å². The first-order valence-corrected chi connectivity index (χ1v) is 10.4. The monoisotopic (exact) mass is 425 g/mol. The van der Waals surface area contributed by atoms with Gasteiger partial charge in [0.15, 0.2) is 5.11 Å². The number of carbonyl (C=O) groups excluding carboxylic acids is 2. The second kappa shape index (κ2) is 10.6. The molecule has 0 atom stereocenters. The van der Waals surface area contributed by atoms with E-state index >= 15 is 0 Å². The van der Waals surface area contributed by atoms with Gasteiger partial charge in [0.25, 0.3) is 0 Å². The number of thiocarbonyl (C=S) groups is 1. The summed E-state index contributed by atoms with van der Waals surface area (Å²) in [7, 11) is 1.72. The molecule has 3 rings (SSSR count). The van der Waals surface area contributed by atoms with Crippen molar-refractivity contribution < 1.29 is 9.59 Å². The third kappa shape index (κ3) is 6.18. The van der Waals surface area contributed by atoms with Gasteiger partial charge in [0, 0.05) is 38.3 Å². The minimum Gasteiger partial charge on any atom is -0.357 e. The third-order valence-electron chi connectivity index (χ3n) is 5.05.